The van der Waals surface area contributed by atoms with Crippen LogP contribution in [-0.2, 0) is 9.53 Å². The van der Waals surface area contributed by atoms with Crippen molar-refractivity contribution in [2.24, 2.45) is 0 Å². The third-order valence-corrected chi connectivity index (χ3v) is 3.70. The molecule has 0 radical (unpaired) electrons. The topological polar surface area (TPSA) is 83.2 Å². The fraction of sp³-hybridized carbons (Fsp3) is 0.412. The molecule has 1 saturated heterocycles. The fourth-order valence-corrected chi connectivity index (χ4v) is 2.72. The van der Waals surface area contributed by atoms with Gasteiger partial charge in [-0.25, -0.2) is 0 Å². The number of amides is 1. The Bertz CT molecular complexity index is 649. The molecule has 0 spiro atoms. The van der Waals surface area contributed by atoms with Gasteiger partial charge in [0, 0.05) is 18.5 Å². The second-order valence-electron chi connectivity index (χ2n) is 5.74. The molecule has 1 amide bonds. The van der Waals surface area contributed by atoms with Crippen LogP contribution in [0.1, 0.15) is 10.6 Å². The Kier molecular flexibility index (Phi) is 6.34. The molecule has 1 aliphatic heterocycles. The summed E-state index contributed by atoms with van der Waals surface area (Å²) in [6.07, 6.45) is 0. The average Bonchev–Trinajstić information content (AvgIpc) is 2.99. The standard InChI is InChI=1S/C16H20N2O3.CH2O2/c1-17(2)10-13-11-20-8-7-18(13)16(19)15-9-12-5-3-4-6-14(12)21-15;2-1-3/h3-6,9,13H,7-8,10-11H2,1-2H3;1H,(H,2,3). The van der Waals surface area contributed by atoms with Crippen molar-refractivity contribution < 1.29 is 23.8 Å². The van der Waals surface area contributed by atoms with E-state index in [-0.39, 0.29) is 18.4 Å². The summed E-state index contributed by atoms with van der Waals surface area (Å²) >= 11 is 0. The summed E-state index contributed by atoms with van der Waals surface area (Å²) in [7, 11) is 4.00. The van der Waals surface area contributed by atoms with Gasteiger partial charge in [0.2, 0.25) is 0 Å². The smallest absolute Gasteiger partial charge is 0.290 e. The lowest BCUT2D eigenvalue weighted by atomic mass is 10.2. The lowest BCUT2D eigenvalue weighted by Crippen LogP contribution is -2.52. The Balaban J connectivity index is 0.000000647. The van der Waals surface area contributed by atoms with Gasteiger partial charge in [-0.15, -0.1) is 0 Å². The molecule has 7 heteroatoms. The van der Waals surface area contributed by atoms with E-state index in [0.717, 1.165) is 17.5 Å². The van der Waals surface area contributed by atoms with Gasteiger partial charge in [-0.2, -0.15) is 0 Å². The van der Waals surface area contributed by atoms with Gasteiger partial charge in [0.05, 0.1) is 19.3 Å². The Morgan fingerprint density at radius 3 is 2.79 bits per heavy atom. The maximum Gasteiger partial charge on any atom is 0.290 e. The minimum Gasteiger partial charge on any atom is -0.483 e. The van der Waals surface area contributed by atoms with Gasteiger partial charge in [-0.1, -0.05) is 18.2 Å². The maximum absolute atomic E-state index is 12.7. The molecule has 7 nitrogen and oxygen atoms in total. The maximum atomic E-state index is 12.7. The molecule has 1 aromatic heterocycles. The third-order valence-electron chi connectivity index (χ3n) is 3.70. The first-order chi connectivity index (χ1) is 11.6. The summed E-state index contributed by atoms with van der Waals surface area (Å²) in [4.78, 5) is 25.0. The average molecular weight is 334 g/mol. The van der Waals surface area contributed by atoms with Crippen molar-refractivity contribution in [1.29, 1.82) is 0 Å². The first-order valence-electron chi connectivity index (χ1n) is 7.66. The van der Waals surface area contributed by atoms with Crippen LogP contribution in [0.2, 0.25) is 0 Å². The number of carboxylic acid groups (broad SMARTS) is 1. The van der Waals surface area contributed by atoms with E-state index in [1.54, 1.807) is 0 Å². The molecule has 1 aromatic carbocycles. The lowest BCUT2D eigenvalue weighted by Gasteiger charge is -2.36. The van der Waals surface area contributed by atoms with E-state index in [9.17, 15) is 4.79 Å². The number of ether oxygens (including phenoxy) is 1. The number of para-hydroxylation sites is 1. The molecule has 1 atom stereocenters. The largest absolute Gasteiger partial charge is 0.483 e. The van der Waals surface area contributed by atoms with Gasteiger partial charge in [0.1, 0.15) is 5.58 Å². The number of rotatable bonds is 3. The Morgan fingerprint density at radius 2 is 2.12 bits per heavy atom. The SMILES string of the molecule is CN(C)CC1COCCN1C(=O)c1cc2ccccc2o1.O=CO. The molecule has 3 rings (SSSR count). The number of nitrogens with zero attached hydrogens (tertiary/aromatic N) is 2. The van der Waals surface area contributed by atoms with Crippen LogP contribution in [0.25, 0.3) is 11.0 Å². The highest BCUT2D eigenvalue weighted by atomic mass is 16.5. The molecule has 24 heavy (non-hydrogen) atoms. The van der Waals surface area contributed by atoms with Crippen molar-refractivity contribution in [3.8, 4) is 0 Å². The van der Waals surface area contributed by atoms with Crippen molar-refractivity contribution in [3.05, 3.63) is 36.1 Å². The van der Waals surface area contributed by atoms with Crippen LogP contribution in [0.4, 0.5) is 0 Å². The molecular formula is C17H22N2O5. The molecule has 2 aromatic rings. The minimum absolute atomic E-state index is 0.0543. The van der Waals surface area contributed by atoms with Gasteiger partial charge in [0.15, 0.2) is 5.76 Å². The number of fused-ring (bicyclic) bond motifs is 1. The summed E-state index contributed by atoms with van der Waals surface area (Å²) in [5.41, 5.74) is 0.748. The van der Waals surface area contributed by atoms with Crippen LogP contribution >= 0.6 is 0 Å². The predicted molar refractivity (Wildman–Crippen MR) is 89.1 cm³/mol. The highest BCUT2D eigenvalue weighted by Crippen LogP contribution is 2.21. The van der Waals surface area contributed by atoms with Gasteiger partial charge < -0.3 is 24.1 Å². The quantitative estimate of drug-likeness (QED) is 0.857. The summed E-state index contributed by atoms with van der Waals surface area (Å²) in [5, 5.41) is 7.85. The first kappa shape index (κ1) is 18.0. The molecule has 1 N–H and O–H groups in total. The highest BCUT2D eigenvalue weighted by Gasteiger charge is 2.30. The zero-order chi connectivity index (χ0) is 17.5. The van der Waals surface area contributed by atoms with Crippen LogP contribution in [0, 0.1) is 0 Å². The normalized spacial score (nSPS) is 17.5. The molecule has 0 aliphatic carbocycles. The summed E-state index contributed by atoms with van der Waals surface area (Å²) in [5.74, 6) is 0.350. The molecule has 130 valence electrons. The third kappa shape index (κ3) is 4.33. The van der Waals surface area contributed by atoms with E-state index < -0.39 is 0 Å². The van der Waals surface area contributed by atoms with Crippen molar-refractivity contribution in [2.45, 2.75) is 6.04 Å². The minimum atomic E-state index is -0.250. The van der Waals surface area contributed by atoms with Gasteiger partial charge >= 0.3 is 0 Å². The zero-order valence-electron chi connectivity index (χ0n) is 13.8. The molecule has 1 aliphatic rings. The molecular weight excluding hydrogens is 312 g/mol. The van der Waals surface area contributed by atoms with Crippen molar-refractivity contribution >= 4 is 23.3 Å². The molecule has 0 saturated carbocycles. The van der Waals surface area contributed by atoms with E-state index in [0.29, 0.717) is 25.5 Å². The summed E-state index contributed by atoms with van der Waals surface area (Å²) in [6, 6.07) is 9.56. The monoisotopic (exact) mass is 334 g/mol. The van der Waals surface area contributed by atoms with Gasteiger partial charge in [-0.05, 0) is 26.2 Å². The fourth-order valence-electron chi connectivity index (χ4n) is 2.72. The van der Waals surface area contributed by atoms with Crippen LogP contribution in [0.5, 0.6) is 0 Å². The number of hydrogen-bond acceptors (Lipinski definition) is 5. The number of furan rings is 1. The number of likely N-dealkylation sites (N-methyl/N-ethyl adjacent to an activating group) is 1. The van der Waals surface area contributed by atoms with E-state index in [2.05, 4.69) is 4.90 Å². The number of carbonyl (C=O) groups excluding carboxylic acids is 1. The number of benzene rings is 1. The van der Waals surface area contributed by atoms with Crippen LogP contribution in [-0.4, -0.2) is 73.7 Å². The molecule has 2 heterocycles. The lowest BCUT2D eigenvalue weighted by molar-refractivity contribution is -0.122. The second kappa shape index (κ2) is 8.47. The first-order valence-corrected chi connectivity index (χ1v) is 7.66. The second-order valence-corrected chi connectivity index (χ2v) is 5.74. The molecule has 1 unspecified atom stereocenters. The summed E-state index contributed by atoms with van der Waals surface area (Å²) < 4.78 is 11.2. The van der Waals surface area contributed by atoms with Crippen molar-refractivity contribution in [3.63, 3.8) is 0 Å². The van der Waals surface area contributed by atoms with E-state index >= 15 is 0 Å². The number of hydrogen-bond donors (Lipinski definition) is 1. The van der Waals surface area contributed by atoms with Gasteiger partial charge in [-0.3, -0.25) is 9.59 Å². The van der Waals surface area contributed by atoms with E-state index in [4.69, 9.17) is 19.1 Å². The molecule has 0 bridgehead atoms. The molecule has 1 fully saturated rings. The Labute approximate surface area is 140 Å². The van der Waals surface area contributed by atoms with Crippen LogP contribution in [0.15, 0.2) is 34.7 Å². The zero-order valence-corrected chi connectivity index (χ0v) is 13.8. The summed E-state index contributed by atoms with van der Waals surface area (Å²) in [6.45, 7) is 2.29. The van der Waals surface area contributed by atoms with Gasteiger partial charge in [0.25, 0.3) is 12.4 Å². The Hall–Kier alpha value is -2.38. The van der Waals surface area contributed by atoms with Crippen molar-refractivity contribution in [2.75, 3.05) is 40.4 Å². The van der Waals surface area contributed by atoms with Crippen LogP contribution < -0.4 is 0 Å². The van der Waals surface area contributed by atoms with Crippen molar-refractivity contribution in [1.82, 2.24) is 9.80 Å². The Morgan fingerprint density at radius 1 is 1.42 bits per heavy atom. The van der Waals surface area contributed by atoms with E-state index in [1.165, 1.54) is 0 Å². The van der Waals surface area contributed by atoms with Crippen LogP contribution in [0.3, 0.4) is 0 Å². The highest BCUT2D eigenvalue weighted by molar-refractivity contribution is 5.96. The number of carbonyl (C=O) groups is 2. The predicted octanol–water partition coefficient (Wildman–Crippen LogP) is 1.54. The van der Waals surface area contributed by atoms with E-state index in [1.807, 2.05) is 49.3 Å². The number of morpholine rings is 1.